The Morgan fingerprint density at radius 3 is 2.53 bits per heavy atom. The summed E-state index contributed by atoms with van der Waals surface area (Å²) < 4.78 is 22.8. The molecule has 10 nitrogen and oxygen atoms in total. The van der Waals surface area contributed by atoms with Crippen LogP contribution in [0.25, 0.3) is 27.8 Å². The van der Waals surface area contributed by atoms with Crippen molar-refractivity contribution < 1.29 is 28.6 Å². The number of carbonyl (C=O) groups is 3. The molecule has 0 saturated carbocycles. The smallest absolute Gasteiger partial charge is 0.336 e. The Bertz CT molecular complexity index is 2060. The minimum atomic E-state index is -1.05. The third-order valence-electron chi connectivity index (χ3n) is 8.51. The average molecular weight is 664 g/mol. The molecule has 4 aromatic carbocycles. The fourth-order valence-corrected chi connectivity index (χ4v) is 6.23. The Kier molecular flexibility index (Phi) is 9.35. The molecule has 2 N–H and O–H groups in total. The average Bonchev–Trinajstić information content (AvgIpc) is 3.52. The number of aromatic nitrogens is 2. The number of nitrogens with zero attached hydrogens (tertiary/aromatic N) is 4. The van der Waals surface area contributed by atoms with Crippen LogP contribution in [0.4, 0.5) is 10.1 Å². The molecule has 1 atom stereocenters. The molecule has 6 rings (SSSR count). The number of anilines is 1. The lowest BCUT2D eigenvalue weighted by molar-refractivity contribution is -0.126. The van der Waals surface area contributed by atoms with Gasteiger partial charge in [-0.25, -0.2) is 14.2 Å². The molecule has 252 valence electrons. The van der Waals surface area contributed by atoms with Crippen molar-refractivity contribution in [3.8, 4) is 22.8 Å². The van der Waals surface area contributed by atoms with Gasteiger partial charge < -0.3 is 25.0 Å². The van der Waals surface area contributed by atoms with Crippen LogP contribution in [0.15, 0.2) is 85.1 Å². The molecule has 0 spiro atoms. The molecule has 2 amide bonds. The number of benzene rings is 4. The monoisotopic (exact) mass is 663 g/mol. The molecule has 49 heavy (non-hydrogen) atoms. The van der Waals surface area contributed by atoms with E-state index in [1.807, 2.05) is 62.1 Å². The molecule has 0 aliphatic carbocycles. The van der Waals surface area contributed by atoms with E-state index in [0.29, 0.717) is 35.7 Å². The van der Waals surface area contributed by atoms with Crippen LogP contribution in [-0.2, 0) is 4.79 Å². The molecule has 0 radical (unpaired) electrons. The lowest BCUT2D eigenvalue weighted by Gasteiger charge is -2.41. The summed E-state index contributed by atoms with van der Waals surface area (Å²) in [7, 11) is 0. The van der Waals surface area contributed by atoms with Crippen LogP contribution in [0, 0.1) is 12.7 Å². The molecule has 0 bridgehead atoms. The van der Waals surface area contributed by atoms with E-state index >= 15 is 4.39 Å². The zero-order valence-corrected chi connectivity index (χ0v) is 27.8. The van der Waals surface area contributed by atoms with E-state index in [-0.39, 0.29) is 47.7 Å². The summed E-state index contributed by atoms with van der Waals surface area (Å²) in [5, 5.41) is 14.3. The highest BCUT2D eigenvalue weighted by molar-refractivity contribution is 6.05. The maximum atomic E-state index is 15.4. The van der Waals surface area contributed by atoms with Crippen LogP contribution in [0.2, 0.25) is 0 Å². The normalized spacial score (nSPS) is 14.7. The van der Waals surface area contributed by atoms with Gasteiger partial charge in [0.1, 0.15) is 29.1 Å². The van der Waals surface area contributed by atoms with Crippen molar-refractivity contribution in [2.75, 3.05) is 31.1 Å². The molecule has 1 fully saturated rings. The van der Waals surface area contributed by atoms with Gasteiger partial charge in [-0.1, -0.05) is 36.4 Å². The van der Waals surface area contributed by atoms with E-state index in [0.717, 1.165) is 10.9 Å². The zero-order valence-electron chi connectivity index (χ0n) is 27.8. The summed E-state index contributed by atoms with van der Waals surface area (Å²) >= 11 is 0. The van der Waals surface area contributed by atoms with Crippen molar-refractivity contribution in [2.24, 2.45) is 0 Å². The maximum Gasteiger partial charge on any atom is 0.336 e. The van der Waals surface area contributed by atoms with Crippen molar-refractivity contribution in [3.05, 3.63) is 108 Å². The summed E-state index contributed by atoms with van der Waals surface area (Å²) in [4.78, 5) is 48.3. The number of piperazine rings is 1. The summed E-state index contributed by atoms with van der Waals surface area (Å²) in [5.74, 6) is -1.52. The van der Waals surface area contributed by atoms with Gasteiger partial charge in [0.05, 0.1) is 23.4 Å². The quantitative estimate of drug-likeness (QED) is 0.196. The van der Waals surface area contributed by atoms with Gasteiger partial charge in [-0.15, -0.1) is 0 Å². The van der Waals surface area contributed by atoms with Crippen molar-refractivity contribution in [1.29, 1.82) is 0 Å². The molecule has 1 aliphatic heterocycles. The Morgan fingerprint density at radius 2 is 1.80 bits per heavy atom. The predicted octanol–water partition coefficient (Wildman–Crippen LogP) is 6.09. The fraction of sp³-hybridized carbons (Fsp3) is 0.263. The number of carboxylic acid groups (broad SMARTS) is 1. The number of halogens is 1. The summed E-state index contributed by atoms with van der Waals surface area (Å²) in [6, 6.07) is 21.7. The van der Waals surface area contributed by atoms with Gasteiger partial charge in [-0.3, -0.25) is 14.2 Å². The second kappa shape index (κ2) is 13.8. The van der Waals surface area contributed by atoms with Gasteiger partial charge in [0.25, 0.3) is 5.91 Å². The molecule has 1 saturated heterocycles. The lowest BCUT2D eigenvalue weighted by atomic mass is 10.0. The molecular formula is C38H38FN5O5. The third-order valence-corrected chi connectivity index (χ3v) is 8.51. The first-order chi connectivity index (χ1) is 23.5. The van der Waals surface area contributed by atoms with Gasteiger partial charge >= 0.3 is 5.97 Å². The fourth-order valence-electron chi connectivity index (χ4n) is 6.23. The number of carboxylic acids is 1. The first-order valence-electron chi connectivity index (χ1n) is 16.3. The molecule has 0 unspecified atom stereocenters. The zero-order chi connectivity index (χ0) is 34.8. The molecule has 2 heterocycles. The van der Waals surface area contributed by atoms with Crippen LogP contribution in [0.5, 0.6) is 5.75 Å². The number of nitrogens with one attached hydrogen (secondary N) is 1. The lowest BCUT2D eigenvalue weighted by Crippen LogP contribution is -2.61. The Balaban J connectivity index is 1.39. The van der Waals surface area contributed by atoms with Gasteiger partial charge in [-0.2, -0.15) is 0 Å². The Morgan fingerprint density at radius 1 is 1.00 bits per heavy atom. The highest BCUT2D eigenvalue weighted by atomic mass is 19.1. The van der Waals surface area contributed by atoms with Gasteiger partial charge in [0.2, 0.25) is 5.91 Å². The van der Waals surface area contributed by atoms with Gasteiger partial charge in [-0.05, 0) is 80.4 Å². The number of carbonyl (C=O) groups excluding carboxylic acids is 2. The highest BCUT2D eigenvalue weighted by Gasteiger charge is 2.38. The minimum absolute atomic E-state index is 0.0476. The van der Waals surface area contributed by atoms with Crippen molar-refractivity contribution >= 4 is 34.2 Å². The van der Waals surface area contributed by atoms with Crippen molar-refractivity contribution in [3.63, 3.8) is 0 Å². The number of ether oxygens (including phenoxy) is 1. The van der Waals surface area contributed by atoms with E-state index in [1.54, 1.807) is 54.1 Å². The SMILES string of the molecule is CCOc1cccc(-n2cc(C(=O)N3CCN(c4cc(C(=O)O)c5ccccc5c4)C[C@H]3C(=O)NC(C)C)nc2-c2ccc(C)cc2F)c1. The Labute approximate surface area is 283 Å². The van der Waals surface area contributed by atoms with Gasteiger partial charge in [0.15, 0.2) is 0 Å². The maximum absolute atomic E-state index is 15.4. The van der Waals surface area contributed by atoms with E-state index in [1.165, 1.54) is 11.0 Å². The van der Waals surface area contributed by atoms with Crippen LogP contribution in [0.3, 0.4) is 0 Å². The number of aromatic carboxylic acids is 1. The molecule has 11 heteroatoms. The first-order valence-corrected chi connectivity index (χ1v) is 16.3. The molecular weight excluding hydrogens is 625 g/mol. The van der Waals surface area contributed by atoms with Crippen LogP contribution in [-0.4, -0.2) is 75.7 Å². The van der Waals surface area contributed by atoms with E-state index in [9.17, 15) is 19.5 Å². The van der Waals surface area contributed by atoms with E-state index in [2.05, 4.69) is 10.3 Å². The number of amides is 2. The molecule has 5 aromatic rings. The summed E-state index contributed by atoms with van der Waals surface area (Å²) in [6.45, 7) is 8.43. The van der Waals surface area contributed by atoms with Crippen molar-refractivity contribution in [2.45, 2.75) is 39.8 Å². The number of rotatable bonds is 9. The number of imidazole rings is 1. The van der Waals surface area contributed by atoms with Crippen molar-refractivity contribution in [1.82, 2.24) is 19.8 Å². The van der Waals surface area contributed by atoms with Crippen LogP contribution in [0.1, 0.15) is 47.2 Å². The number of fused-ring (bicyclic) bond motifs is 1. The number of aryl methyl sites for hydroxylation is 1. The largest absolute Gasteiger partial charge is 0.494 e. The number of hydrogen-bond donors (Lipinski definition) is 2. The van der Waals surface area contributed by atoms with Crippen LogP contribution < -0.4 is 15.0 Å². The first kappa shape index (κ1) is 33.2. The summed E-state index contributed by atoms with van der Waals surface area (Å²) in [5.41, 5.74) is 2.43. The molecule has 1 aliphatic rings. The highest BCUT2D eigenvalue weighted by Crippen LogP contribution is 2.31. The Hall–Kier alpha value is -5.71. The second-order valence-corrected chi connectivity index (χ2v) is 12.4. The third kappa shape index (κ3) is 6.83. The second-order valence-electron chi connectivity index (χ2n) is 12.4. The summed E-state index contributed by atoms with van der Waals surface area (Å²) in [6.07, 6.45) is 1.56. The predicted molar refractivity (Wildman–Crippen MR) is 186 cm³/mol. The van der Waals surface area contributed by atoms with Crippen LogP contribution >= 0.6 is 0 Å². The topological polar surface area (TPSA) is 117 Å². The standard InChI is InChI=1S/C38H38FN5O5/c1-5-49-28-11-8-10-26(19-28)44-21-33(41-35(44)30-14-13-24(4)17-32(30)39)37(46)43-16-15-42(22-34(43)36(45)40-23(2)3)27-18-25-9-6-7-12-29(25)31(20-27)38(47)48/h6-14,17-21,23,34H,5,15-16,22H2,1-4H3,(H,40,45)(H,47,48)/t34-/m0/s1. The number of hydrogen-bond acceptors (Lipinski definition) is 6. The van der Waals surface area contributed by atoms with E-state index < -0.39 is 23.7 Å². The minimum Gasteiger partial charge on any atom is -0.494 e. The molecule has 1 aromatic heterocycles. The van der Waals surface area contributed by atoms with Gasteiger partial charge in [0, 0.05) is 43.6 Å². The van der Waals surface area contributed by atoms with E-state index in [4.69, 9.17) is 4.74 Å².